The molecule has 1 unspecified atom stereocenters. The summed E-state index contributed by atoms with van der Waals surface area (Å²) in [6, 6.07) is 0. The molecule has 7 heteroatoms. The van der Waals surface area contributed by atoms with Crippen molar-refractivity contribution in [1.29, 1.82) is 0 Å². The molecular weight excluding hydrogens is 218 g/mol. The summed E-state index contributed by atoms with van der Waals surface area (Å²) in [6.45, 7) is 1.57. The number of rotatable bonds is 4. The van der Waals surface area contributed by atoms with E-state index in [1.807, 2.05) is 0 Å². The Kier molecular flexibility index (Phi) is 4.66. The molecule has 0 amide bonds. The molecule has 78 valence electrons. The number of halogens is 1. The van der Waals surface area contributed by atoms with Crippen LogP contribution >= 0.6 is 10.7 Å². The molecule has 0 radical (unpaired) electrons. The van der Waals surface area contributed by atoms with Crippen LogP contribution in [0, 0.1) is 5.92 Å². The summed E-state index contributed by atoms with van der Waals surface area (Å²) in [5, 5.41) is 0. The zero-order valence-corrected chi connectivity index (χ0v) is 9.22. The number of hydrogen-bond acceptors (Lipinski definition) is 4. The van der Waals surface area contributed by atoms with Crippen molar-refractivity contribution in [2.75, 3.05) is 20.7 Å². The number of esters is 1. The molecule has 0 aliphatic heterocycles. The lowest BCUT2D eigenvalue weighted by Crippen LogP contribution is -2.31. The number of hydrogen-bond donors (Lipinski definition) is 0. The highest BCUT2D eigenvalue weighted by Crippen LogP contribution is 2.07. The Balaban J connectivity index is 4.23. The Morgan fingerprint density at radius 2 is 2.08 bits per heavy atom. The van der Waals surface area contributed by atoms with Gasteiger partial charge in [-0.1, -0.05) is 6.92 Å². The Morgan fingerprint density at radius 3 is 2.38 bits per heavy atom. The Labute approximate surface area is 82.2 Å². The maximum Gasteiger partial charge on any atom is 0.309 e. The molecule has 5 nitrogen and oxygen atoms in total. The van der Waals surface area contributed by atoms with Gasteiger partial charge in [0.15, 0.2) is 0 Å². The van der Waals surface area contributed by atoms with Gasteiger partial charge in [-0.3, -0.25) is 4.79 Å². The Hall–Kier alpha value is -0.330. The number of methoxy groups -OCH3 is 1. The van der Waals surface area contributed by atoms with E-state index >= 15 is 0 Å². The van der Waals surface area contributed by atoms with Crippen LogP contribution in [-0.2, 0) is 18.8 Å². The monoisotopic (exact) mass is 229 g/mol. The van der Waals surface area contributed by atoms with Crippen molar-refractivity contribution in [2.24, 2.45) is 5.92 Å². The summed E-state index contributed by atoms with van der Waals surface area (Å²) in [5.74, 6) is -0.990. The van der Waals surface area contributed by atoms with Gasteiger partial charge in [0, 0.05) is 24.3 Å². The molecule has 0 aromatic heterocycles. The standard InChI is InChI=1S/C6H12ClNO4S/c1-5(6(9)12-3)4-8(2)13(7,10)11/h5H,4H2,1-3H3. The molecule has 0 rings (SSSR count). The van der Waals surface area contributed by atoms with Crippen molar-refractivity contribution in [3.63, 3.8) is 0 Å². The first-order valence-corrected chi connectivity index (χ1v) is 5.79. The summed E-state index contributed by atoms with van der Waals surface area (Å²) in [5.41, 5.74) is 0. The maximum atomic E-state index is 10.9. The fraction of sp³-hybridized carbons (Fsp3) is 0.833. The highest BCUT2D eigenvalue weighted by Gasteiger charge is 2.21. The van der Waals surface area contributed by atoms with Gasteiger partial charge in [0.1, 0.15) is 0 Å². The highest BCUT2D eigenvalue weighted by molar-refractivity contribution is 8.11. The second-order valence-corrected chi connectivity index (χ2v) is 5.26. The fourth-order valence-electron chi connectivity index (χ4n) is 0.750. The lowest BCUT2D eigenvalue weighted by atomic mass is 10.2. The zero-order chi connectivity index (χ0) is 10.6. The van der Waals surface area contributed by atoms with E-state index in [0.717, 1.165) is 4.31 Å². The van der Waals surface area contributed by atoms with Crippen molar-refractivity contribution in [3.8, 4) is 0 Å². The molecule has 13 heavy (non-hydrogen) atoms. The molecule has 0 aromatic carbocycles. The molecule has 0 saturated heterocycles. The van der Waals surface area contributed by atoms with Crippen LogP contribution in [0.5, 0.6) is 0 Å². The third-order valence-electron chi connectivity index (χ3n) is 1.51. The van der Waals surface area contributed by atoms with Gasteiger partial charge in [0.05, 0.1) is 13.0 Å². The second-order valence-electron chi connectivity index (χ2n) is 2.65. The van der Waals surface area contributed by atoms with Crippen LogP contribution in [0.4, 0.5) is 0 Å². The first-order valence-electron chi connectivity index (χ1n) is 3.52. The van der Waals surface area contributed by atoms with Crippen molar-refractivity contribution in [2.45, 2.75) is 6.92 Å². The topological polar surface area (TPSA) is 63.7 Å². The molecule has 0 N–H and O–H groups in total. The molecular formula is C6H12ClNO4S. The van der Waals surface area contributed by atoms with E-state index in [2.05, 4.69) is 4.74 Å². The highest BCUT2D eigenvalue weighted by atomic mass is 35.7. The van der Waals surface area contributed by atoms with Gasteiger partial charge in [-0.2, -0.15) is 12.7 Å². The van der Waals surface area contributed by atoms with E-state index in [0.29, 0.717) is 0 Å². The van der Waals surface area contributed by atoms with Crippen molar-refractivity contribution < 1.29 is 17.9 Å². The van der Waals surface area contributed by atoms with Crippen LogP contribution in [-0.4, -0.2) is 39.4 Å². The molecule has 0 aliphatic carbocycles. The summed E-state index contributed by atoms with van der Waals surface area (Å²) in [7, 11) is 3.82. The third-order valence-corrected chi connectivity index (χ3v) is 3.11. The third kappa shape index (κ3) is 4.44. The number of carbonyl (C=O) groups excluding carboxylic acids is 1. The van der Waals surface area contributed by atoms with E-state index < -0.39 is 21.1 Å². The van der Waals surface area contributed by atoms with Crippen molar-refractivity contribution >= 4 is 25.9 Å². The van der Waals surface area contributed by atoms with Crippen LogP contribution in [0.15, 0.2) is 0 Å². The molecule has 0 aromatic rings. The van der Waals surface area contributed by atoms with Gasteiger partial charge in [-0.15, -0.1) is 0 Å². The Bertz CT molecular complexity index is 276. The van der Waals surface area contributed by atoms with E-state index in [1.165, 1.54) is 14.2 Å². The average Bonchev–Trinajstić information content (AvgIpc) is 2.01. The average molecular weight is 230 g/mol. The van der Waals surface area contributed by atoms with E-state index in [1.54, 1.807) is 6.92 Å². The van der Waals surface area contributed by atoms with Gasteiger partial charge in [0.2, 0.25) is 0 Å². The van der Waals surface area contributed by atoms with Gasteiger partial charge in [-0.05, 0) is 0 Å². The largest absolute Gasteiger partial charge is 0.469 e. The van der Waals surface area contributed by atoms with Gasteiger partial charge in [0.25, 0.3) is 9.24 Å². The molecule has 1 atom stereocenters. The van der Waals surface area contributed by atoms with Crippen LogP contribution < -0.4 is 0 Å². The number of nitrogens with zero attached hydrogens (tertiary/aromatic N) is 1. The second kappa shape index (κ2) is 4.78. The number of carbonyl (C=O) groups is 1. The SMILES string of the molecule is COC(=O)C(C)CN(C)S(=O)(=O)Cl. The lowest BCUT2D eigenvalue weighted by Gasteiger charge is -2.15. The smallest absolute Gasteiger partial charge is 0.309 e. The van der Waals surface area contributed by atoms with Crippen LogP contribution in [0.25, 0.3) is 0 Å². The Morgan fingerprint density at radius 1 is 1.62 bits per heavy atom. The summed E-state index contributed by atoms with van der Waals surface area (Å²) >= 11 is 0. The molecule has 0 fully saturated rings. The molecule has 0 heterocycles. The van der Waals surface area contributed by atoms with Crippen LogP contribution in [0.2, 0.25) is 0 Å². The van der Waals surface area contributed by atoms with E-state index in [9.17, 15) is 13.2 Å². The first-order chi connectivity index (χ1) is 5.79. The minimum atomic E-state index is -3.74. The minimum Gasteiger partial charge on any atom is -0.469 e. The predicted molar refractivity (Wildman–Crippen MR) is 48.6 cm³/mol. The first kappa shape index (κ1) is 12.7. The summed E-state index contributed by atoms with van der Waals surface area (Å²) in [4.78, 5) is 10.9. The van der Waals surface area contributed by atoms with Crippen LogP contribution in [0.3, 0.4) is 0 Å². The van der Waals surface area contributed by atoms with E-state index in [4.69, 9.17) is 10.7 Å². The summed E-state index contributed by atoms with van der Waals surface area (Å²) < 4.78 is 26.7. The molecule has 0 aliphatic rings. The quantitative estimate of drug-likeness (QED) is 0.511. The zero-order valence-electron chi connectivity index (χ0n) is 7.65. The van der Waals surface area contributed by atoms with Crippen molar-refractivity contribution in [3.05, 3.63) is 0 Å². The van der Waals surface area contributed by atoms with Gasteiger partial charge < -0.3 is 4.74 Å². The van der Waals surface area contributed by atoms with Gasteiger partial charge >= 0.3 is 5.97 Å². The maximum absolute atomic E-state index is 10.9. The lowest BCUT2D eigenvalue weighted by molar-refractivity contribution is -0.144. The number of ether oxygens (including phenoxy) is 1. The predicted octanol–water partition coefficient (Wildman–Crippen LogP) is 0.211. The van der Waals surface area contributed by atoms with Crippen LogP contribution in [0.1, 0.15) is 6.92 Å². The van der Waals surface area contributed by atoms with E-state index in [-0.39, 0.29) is 6.54 Å². The fourth-order valence-corrected chi connectivity index (χ4v) is 1.32. The molecule has 0 saturated carbocycles. The molecule has 0 spiro atoms. The van der Waals surface area contributed by atoms with Crippen molar-refractivity contribution in [1.82, 2.24) is 4.31 Å². The minimum absolute atomic E-state index is 0.0124. The summed E-state index contributed by atoms with van der Waals surface area (Å²) in [6.07, 6.45) is 0. The normalized spacial score (nSPS) is 14.2. The molecule has 0 bridgehead atoms. The van der Waals surface area contributed by atoms with Gasteiger partial charge in [-0.25, -0.2) is 0 Å².